The van der Waals surface area contributed by atoms with Crippen LogP contribution in [0.4, 0.5) is 0 Å². The SMILES string of the molecule is CBr.OCc1ccc2ccc3cccc4ccc1c2c34. The minimum absolute atomic E-state index is 0.0914. The number of hydrogen-bond acceptors (Lipinski definition) is 1. The molecule has 100 valence electrons. The van der Waals surface area contributed by atoms with E-state index in [0.717, 1.165) is 5.56 Å². The summed E-state index contributed by atoms with van der Waals surface area (Å²) in [5.74, 6) is 1.81. The monoisotopic (exact) mass is 326 g/mol. The zero-order chi connectivity index (χ0) is 14.1. The Balaban J connectivity index is 0.000000581. The van der Waals surface area contributed by atoms with Crippen LogP contribution in [-0.2, 0) is 6.61 Å². The van der Waals surface area contributed by atoms with Crippen LogP contribution in [0.2, 0.25) is 0 Å². The molecule has 0 atom stereocenters. The van der Waals surface area contributed by atoms with Gasteiger partial charge < -0.3 is 5.11 Å². The van der Waals surface area contributed by atoms with Crippen molar-refractivity contribution in [1.82, 2.24) is 0 Å². The highest BCUT2D eigenvalue weighted by Crippen LogP contribution is 2.35. The molecule has 0 unspecified atom stereocenters. The Hall–Kier alpha value is -1.64. The van der Waals surface area contributed by atoms with E-state index in [1.165, 1.54) is 32.3 Å². The van der Waals surface area contributed by atoms with Crippen molar-refractivity contribution >= 4 is 48.2 Å². The van der Waals surface area contributed by atoms with Crippen LogP contribution >= 0.6 is 15.9 Å². The van der Waals surface area contributed by atoms with E-state index in [2.05, 4.69) is 64.5 Å². The van der Waals surface area contributed by atoms with Crippen LogP contribution in [-0.4, -0.2) is 10.9 Å². The van der Waals surface area contributed by atoms with Gasteiger partial charge in [0.15, 0.2) is 0 Å². The van der Waals surface area contributed by atoms with Crippen molar-refractivity contribution < 1.29 is 5.11 Å². The molecule has 4 aromatic carbocycles. The Labute approximate surface area is 126 Å². The predicted molar refractivity (Wildman–Crippen MR) is 90.9 cm³/mol. The quantitative estimate of drug-likeness (QED) is 0.381. The number of halogens is 1. The van der Waals surface area contributed by atoms with Crippen molar-refractivity contribution in [3.8, 4) is 0 Å². The Morgan fingerprint density at radius 2 is 1.30 bits per heavy atom. The van der Waals surface area contributed by atoms with E-state index >= 15 is 0 Å². The summed E-state index contributed by atoms with van der Waals surface area (Å²) < 4.78 is 0. The molecule has 0 bridgehead atoms. The zero-order valence-electron chi connectivity index (χ0n) is 11.2. The molecule has 0 fully saturated rings. The van der Waals surface area contributed by atoms with Gasteiger partial charge in [0, 0.05) is 0 Å². The highest BCUT2D eigenvalue weighted by molar-refractivity contribution is 9.08. The van der Waals surface area contributed by atoms with E-state index in [-0.39, 0.29) is 6.61 Å². The maximum absolute atomic E-state index is 9.47. The molecule has 4 aromatic rings. The molecule has 0 aliphatic carbocycles. The Morgan fingerprint density at radius 1 is 0.750 bits per heavy atom. The van der Waals surface area contributed by atoms with E-state index in [1.54, 1.807) is 0 Å². The minimum atomic E-state index is 0.0914. The van der Waals surface area contributed by atoms with Gasteiger partial charge in [0.25, 0.3) is 0 Å². The lowest BCUT2D eigenvalue weighted by Gasteiger charge is -2.12. The molecular formula is C18H15BrO. The number of benzene rings is 4. The van der Waals surface area contributed by atoms with Gasteiger partial charge in [-0.25, -0.2) is 0 Å². The maximum atomic E-state index is 9.47. The number of alkyl halides is 1. The van der Waals surface area contributed by atoms with Crippen molar-refractivity contribution in [1.29, 1.82) is 0 Å². The zero-order valence-corrected chi connectivity index (χ0v) is 12.8. The minimum Gasteiger partial charge on any atom is -0.392 e. The molecule has 0 aliphatic heterocycles. The molecule has 1 nitrogen and oxygen atoms in total. The molecule has 2 heteroatoms. The van der Waals surface area contributed by atoms with Crippen molar-refractivity contribution in [3.63, 3.8) is 0 Å². The van der Waals surface area contributed by atoms with Crippen LogP contribution in [0.3, 0.4) is 0 Å². The summed E-state index contributed by atoms with van der Waals surface area (Å²) in [6, 6.07) is 19.1. The average Bonchev–Trinajstić information content (AvgIpc) is 2.54. The summed E-state index contributed by atoms with van der Waals surface area (Å²) in [6.07, 6.45) is 0. The maximum Gasteiger partial charge on any atom is 0.0687 e. The molecule has 1 N–H and O–H groups in total. The van der Waals surface area contributed by atoms with Gasteiger partial charge >= 0.3 is 0 Å². The summed E-state index contributed by atoms with van der Waals surface area (Å²) in [7, 11) is 0. The first kappa shape index (κ1) is 13.3. The van der Waals surface area contributed by atoms with Gasteiger partial charge in [-0.1, -0.05) is 70.5 Å². The molecule has 20 heavy (non-hydrogen) atoms. The van der Waals surface area contributed by atoms with E-state index in [0.29, 0.717) is 0 Å². The third kappa shape index (κ3) is 1.88. The number of hydrogen-bond donors (Lipinski definition) is 1. The van der Waals surface area contributed by atoms with Crippen LogP contribution in [0.1, 0.15) is 5.56 Å². The van der Waals surface area contributed by atoms with Crippen molar-refractivity contribution in [2.75, 3.05) is 5.83 Å². The first-order valence-electron chi connectivity index (χ1n) is 6.52. The average molecular weight is 327 g/mol. The lowest BCUT2D eigenvalue weighted by Crippen LogP contribution is -1.89. The third-order valence-electron chi connectivity index (χ3n) is 3.79. The fourth-order valence-corrected chi connectivity index (χ4v) is 2.93. The molecule has 0 saturated carbocycles. The molecule has 0 aliphatic rings. The predicted octanol–water partition coefficient (Wildman–Crippen LogP) is 5.09. The van der Waals surface area contributed by atoms with Gasteiger partial charge in [0.05, 0.1) is 6.61 Å². The number of aliphatic hydroxyl groups excluding tert-OH is 1. The summed E-state index contributed by atoms with van der Waals surface area (Å²) in [4.78, 5) is 0. The van der Waals surface area contributed by atoms with Crippen molar-refractivity contribution in [2.24, 2.45) is 0 Å². The summed E-state index contributed by atoms with van der Waals surface area (Å²) in [6.45, 7) is 0.0914. The largest absolute Gasteiger partial charge is 0.392 e. The van der Waals surface area contributed by atoms with Crippen LogP contribution in [0, 0.1) is 0 Å². The normalized spacial score (nSPS) is 10.9. The Morgan fingerprint density at radius 3 is 1.95 bits per heavy atom. The van der Waals surface area contributed by atoms with Gasteiger partial charge in [-0.05, 0) is 43.7 Å². The molecule has 0 amide bonds. The second-order valence-corrected chi connectivity index (χ2v) is 4.74. The topological polar surface area (TPSA) is 20.2 Å². The van der Waals surface area contributed by atoms with Gasteiger partial charge in [-0.15, -0.1) is 0 Å². The molecule has 0 radical (unpaired) electrons. The molecule has 4 rings (SSSR count). The highest BCUT2D eigenvalue weighted by Gasteiger charge is 2.09. The van der Waals surface area contributed by atoms with E-state index in [1.807, 2.05) is 11.9 Å². The molecule has 0 aromatic heterocycles. The van der Waals surface area contributed by atoms with Gasteiger partial charge in [-0.3, -0.25) is 0 Å². The first-order chi connectivity index (χ1) is 9.88. The van der Waals surface area contributed by atoms with E-state index in [9.17, 15) is 5.11 Å². The molecular weight excluding hydrogens is 312 g/mol. The van der Waals surface area contributed by atoms with Crippen LogP contribution in [0.5, 0.6) is 0 Å². The summed E-state index contributed by atoms with van der Waals surface area (Å²) in [5.41, 5.74) is 1.00. The van der Waals surface area contributed by atoms with Gasteiger partial charge in [0.2, 0.25) is 0 Å². The number of rotatable bonds is 1. The molecule has 0 heterocycles. The summed E-state index contributed by atoms with van der Waals surface area (Å²) in [5, 5.41) is 17.0. The third-order valence-corrected chi connectivity index (χ3v) is 3.79. The summed E-state index contributed by atoms with van der Waals surface area (Å²) >= 11 is 2.94. The lowest BCUT2D eigenvalue weighted by molar-refractivity contribution is 0.283. The van der Waals surface area contributed by atoms with E-state index in [4.69, 9.17) is 0 Å². The van der Waals surface area contributed by atoms with Gasteiger partial charge in [-0.2, -0.15) is 0 Å². The Bertz CT molecular complexity index is 851. The van der Waals surface area contributed by atoms with Crippen LogP contribution < -0.4 is 0 Å². The number of aliphatic hydroxyl groups is 1. The second kappa shape index (κ2) is 5.39. The van der Waals surface area contributed by atoms with Crippen LogP contribution in [0.25, 0.3) is 32.3 Å². The molecule has 0 spiro atoms. The standard InChI is InChI=1S/C17H12O.CH3Br/c18-10-14-7-6-13-5-4-11-2-1-3-12-8-9-15(14)17(13)16(11)12;1-2/h1-9,18H,10H2;1H3. The van der Waals surface area contributed by atoms with Crippen molar-refractivity contribution in [2.45, 2.75) is 6.61 Å². The van der Waals surface area contributed by atoms with Gasteiger partial charge in [0.1, 0.15) is 0 Å². The second-order valence-electron chi connectivity index (χ2n) is 4.74. The van der Waals surface area contributed by atoms with Crippen molar-refractivity contribution in [3.05, 3.63) is 60.2 Å². The Kier molecular flexibility index (Phi) is 3.60. The lowest BCUT2D eigenvalue weighted by atomic mass is 9.92. The van der Waals surface area contributed by atoms with Crippen LogP contribution in [0.15, 0.2) is 54.6 Å². The first-order valence-corrected chi connectivity index (χ1v) is 8.11. The fraction of sp³-hybridized carbons (Fsp3) is 0.111. The smallest absolute Gasteiger partial charge is 0.0687 e. The molecule has 0 saturated heterocycles. The highest BCUT2D eigenvalue weighted by atomic mass is 79.9. The van der Waals surface area contributed by atoms with E-state index < -0.39 is 0 Å². The fourth-order valence-electron chi connectivity index (χ4n) is 2.93.